The van der Waals surface area contributed by atoms with Gasteiger partial charge in [0, 0.05) is 13.6 Å². The lowest BCUT2D eigenvalue weighted by molar-refractivity contribution is -0.145. The first-order valence-corrected chi connectivity index (χ1v) is 5.34. The molecule has 0 aromatic carbocycles. The second-order valence-corrected chi connectivity index (χ2v) is 4.00. The molecular formula is C12H17NO4. The van der Waals surface area contributed by atoms with Gasteiger partial charge in [0.25, 0.3) is 5.91 Å². The normalized spacial score (nSPS) is 12.0. The maximum Gasteiger partial charge on any atom is 0.310 e. The van der Waals surface area contributed by atoms with E-state index in [0.717, 1.165) is 0 Å². The Morgan fingerprint density at radius 1 is 1.53 bits per heavy atom. The zero-order valence-electron chi connectivity index (χ0n) is 10.5. The van der Waals surface area contributed by atoms with Crippen LogP contribution in [0.15, 0.2) is 16.7 Å². The summed E-state index contributed by atoms with van der Waals surface area (Å²) in [4.78, 5) is 24.7. The summed E-state index contributed by atoms with van der Waals surface area (Å²) in [6, 6.07) is 1.62. The minimum absolute atomic E-state index is 0.160. The van der Waals surface area contributed by atoms with Crippen LogP contribution in [0.5, 0.6) is 0 Å². The summed E-state index contributed by atoms with van der Waals surface area (Å²) in [5, 5.41) is 0. The van der Waals surface area contributed by atoms with Crippen LogP contribution in [0.3, 0.4) is 0 Å². The molecule has 0 N–H and O–H groups in total. The molecule has 1 unspecified atom stereocenters. The van der Waals surface area contributed by atoms with Gasteiger partial charge in [-0.3, -0.25) is 9.59 Å². The average Bonchev–Trinajstić information content (AvgIpc) is 2.73. The SMILES string of the molecule is COC(=O)C(C)CN(C)C(=O)c1ccoc1C. The van der Waals surface area contributed by atoms with E-state index in [9.17, 15) is 9.59 Å². The van der Waals surface area contributed by atoms with Crippen molar-refractivity contribution < 1.29 is 18.7 Å². The molecule has 0 bridgehead atoms. The highest BCUT2D eigenvalue weighted by Gasteiger charge is 2.21. The van der Waals surface area contributed by atoms with Gasteiger partial charge in [0.15, 0.2) is 0 Å². The third-order valence-corrected chi connectivity index (χ3v) is 2.59. The fourth-order valence-electron chi connectivity index (χ4n) is 1.58. The van der Waals surface area contributed by atoms with Crippen LogP contribution in [0.2, 0.25) is 0 Å². The predicted molar refractivity (Wildman–Crippen MR) is 61.6 cm³/mol. The van der Waals surface area contributed by atoms with Crippen molar-refractivity contribution in [2.45, 2.75) is 13.8 Å². The summed E-state index contributed by atoms with van der Waals surface area (Å²) in [5.74, 6) is -0.255. The number of ether oxygens (including phenoxy) is 1. The fraction of sp³-hybridized carbons (Fsp3) is 0.500. The number of nitrogens with zero attached hydrogens (tertiary/aromatic N) is 1. The number of hydrogen-bond donors (Lipinski definition) is 0. The van der Waals surface area contributed by atoms with Crippen molar-refractivity contribution in [3.63, 3.8) is 0 Å². The number of carbonyl (C=O) groups is 2. The number of furan rings is 1. The number of aryl methyl sites for hydroxylation is 1. The van der Waals surface area contributed by atoms with Crippen molar-refractivity contribution >= 4 is 11.9 Å². The number of rotatable bonds is 4. The lowest BCUT2D eigenvalue weighted by atomic mass is 10.1. The van der Waals surface area contributed by atoms with Crippen molar-refractivity contribution in [3.05, 3.63) is 23.7 Å². The first-order chi connectivity index (χ1) is 7.97. The molecule has 1 aromatic heterocycles. The summed E-state index contributed by atoms with van der Waals surface area (Å²) in [7, 11) is 2.98. The summed E-state index contributed by atoms with van der Waals surface area (Å²) >= 11 is 0. The Labute approximate surface area is 100 Å². The molecule has 0 aliphatic heterocycles. The molecule has 1 heterocycles. The molecule has 0 radical (unpaired) electrons. The van der Waals surface area contributed by atoms with E-state index in [2.05, 4.69) is 4.74 Å². The van der Waals surface area contributed by atoms with Crippen LogP contribution in [0.4, 0.5) is 0 Å². The second kappa shape index (κ2) is 5.52. The van der Waals surface area contributed by atoms with E-state index in [1.165, 1.54) is 18.3 Å². The molecule has 1 atom stereocenters. The van der Waals surface area contributed by atoms with Gasteiger partial charge in [-0.2, -0.15) is 0 Å². The quantitative estimate of drug-likeness (QED) is 0.746. The van der Waals surface area contributed by atoms with Gasteiger partial charge in [-0.15, -0.1) is 0 Å². The van der Waals surface area contributed by atoms with Crippen molar-refractivity contribution in [1.82, 2.24) is 4.90 Å². The molecule has 0 saturated carbocycles. The number of methoxy groups -OCH3 is 1. The minimum atomic E-state index is -0.346. The van der Waals surface area contributed by atoms with Gasteiger partial charge in [0.05, 0.1) is 24.9 Å². The Bertz CT molecular complexity index is 410. The Kier molecular flexibility index (Phi) is 4.31. The molecule has 5 nitrogen and oxygen atoms in total. The topological polar surface area (TPSA) is 59.8 Å². The van der Waals surface area contributed by atoms with Crippen LogP contribution in [0.25, 0.3) is 0 Å². The van der Waals surface area contributed by atoms with E-state index in [0.29, 0.717) is 17.9 Å². The molecular weight excluding hydrogens is 222 g/mol. The third-order valence-electron chi connectivity index (χ3n) is 2.59. The summed E-state index contributed by atoms with van der Waals surface area (Å²) < 4.78 is 9.68. The summed E-state index contributed by atoms with van der Waals surface area (Å²) in [6.07, 6.45) is 1.47. The highest BCUT2D eigenvalue weighted by molar-refractivity contribution is 5.95. The van der Waals surface area contributed by atoms with Crippen molar-refractivity contribution in [3.8, 4) is 0 Å². The molecule has 94 valence electrons. The highest BCUT2D eigenvalue weighted by Crippen LogP contribution is 2.12. The van der Waals surface area contributed by atoms with Crippen molar-refractivity contribution in [1.29, 1.82) is 0 Å². The van der Waals surface area contributed by atoms with Crippen LogP contribution in [-0.4, -0.2) is 37.5 Å². The number of amides is 1. The predicted octanol–water partition coefficient (Wildman–Crippen LogP) is 1.47. The number of esters is 1. The van der Waals surface area contributed by atoms with Gasteiger partial charge >= 0.3 is 5.97 Å². The molecule has 0 fully saturated rings. The molecule has 0 saturated heterocycles. The zero-order chi connectivity index (χ0) is 13.0. The molecule has 0 aliphatic rings. The van der Waals surface area contributed by atoms with E-state index in [4.69, 9.17) is 4.42 Å². The van der Waals surface area contributed by atoms with Crippen LogP contribution in [-0.2, 0) is 9.53 Å². The van der Waals surface area contributed by atoms with Crippen LogP contribution < -0.4 is 0 Å². The van der Waals surface area contributed by atoms with Crippen LogP contribution in [0.1, 0.15) is 23.0 Å². The Morgan fingerprint density at radius 2 is 2.18 bits per heavy atom. The maximum absolute atomic E-state index is 12.0. The highest BCUT2D eigenvalue weighted by atomic mass is 16.5. The maximum atomic E-state index is 12.0. The average molecular weight is 239 g/mol. The van der Waals surface area contributed by atoms with Gasteiger partial charge in [0.2, 0.25) is 0 Å². The van der Waals surface area contributed by atoms with Crippen molar-refractivity contribution in [2.24, 2.45) is 5.92 Å². The number of hydrogen-bond acceptors (Lipinski definition) is 4. The monoisotopic (exact) mass is 239 g/mol. The van der Waals surface area contributed by atoms with Gasteiger partial charge < -0.3 is 14.1 Å². The lowest BCUT2D eigenvalue weighted by Crippen LogP contribution is -2.34. The Balaban J connectivity index is 2.65. The smallest absolute Gasteiger partial charge is 0.310 e. The van der Waals surface area contributed by atoms with E-state index >= 15 is 0 Å². The largest absolute Gasteiger partial charge is 0.469 e. The van der Waals surface area contributed by atoms with Gasteiger partial charge in [0.1, 0.15) is 5.76 Å². The summed E-state index contributed by atoms with van der Waals surface area (Å²) in [5.41, 5.74) is 0.518. The van der Waals surface area contributed by atoms with E-state index < -0.39 is 0 Å². The van der Waals surface area contributed by atoms with Gasteiger partial charge in [-0.1, -0.05) is 6.92 Å². The van der Waals surface area contributed by atoms with E-state index in [1.807, 2.05) is 0 Å². The summed E-state index contributed by atoms with van der Waals surface area (Å²) in [6.45, 7) is 3.76. The Hall–Kier alpha value is -1.78. The molecule has 1 rings (SSSR count). The van der Waals surface area contributed by atoms with Crippen LogP contribution >= 0.6 is 0 Å². The zero-order valence-corrected chi connectivity index (χ0v) is 10.5. The molecule has 1 amide bonds. The van der Waals surface area contributed by atoms with Crippen LogP contribution in [0, 0.1) is 12.8 Å². The standard InChI is InChI=1S/C12H17NO4/c1-8(12(15)16-4)7-13(3)11(14)10-5-6-17-9(10)2/h5-6,8H,7H2,1-4H3. The van der Waals surface area contributed by atoms with E-state index in [1.54, 1.807) is 27.0 Å². The molecule has 5 heteroatoms. The molecule has 0 spiro atoms. The molecule has 17 heavy (non-hydrogen) atoms. The second-order valence-electron chi connectivity index (χ2n) is 4.00. The first kappa shape index (κ1) is 13.3. The minimum Gasteiger partial charge on any atom is -0.469 e. The first-order valence-electron chi connectivity index (χ1n) is 5.34. The van der Waals surface area contributed by atoms with E-state index in [-0.39, 0.29) is 17.8 Å². The third kappa shape index (κ3) is 3.09. The number of carbonyl (C=O) groups excluding carboxylic acids is 2. The van der Waals surface area contributed by atoms with Gasteiger partial charge in [-0.05, 0) is 13.0 Å². The molecule has 1 aromatic rings. The lowest BCUT2D eigenvalue weighted by Gasteiger charge is -2.19. The van der Waals surface area contributed by atoms with Crippen molar-refractivity contribution in [2.75, 3.05) is 20.7 Å². The van der Waals surface area contributed by atoms with Gasteiger partial charge in [-0.25, -0.2) is 0 Å². The molecule has 0 aliphatic carbocycles. The Morgan fingerprint density at radius 3 is 2.65 bits per heavy atom. The fourth-order valence-corrected chi connectivity index (χ4v) is 1.58.